The molecule has 0 heterocycles. The molecule has 16 heavy (non-hydrogen) atoms. The van der Waals surface area contributed by atoms with Gasteiger partial charge in [0.05, 0.1) is 19.1 Å². The standard InChI is InChI=1S/C12H16O4/c1-2-16-11-6-4-3-5-9(11)7-10(13)8-12(14)15/h3-6,10,13H,2,7-8H2,1H3,(H,14,15). The molecule has 88 valence electrons. The number of aliphatic hydroxyl groups excluding tert-OH is 1. The van der Waals surface area contributed by atoms with Crippen LogP contribution < -0.4 is 4.74 Å². The Bertz CT molecular complexity index is 349. The van der Waals surface area contributed by atoms with Gasteiger partial charge in [-0.05, 0) is 18.6 Å². The molecule has 4 nitrogen and oxygen atoms in total. The maximum Gasteiger partial charge on any atom is 0.305 e. The molecule has 1 aromatic rings. The number of ether oxygens (including phenoxy) is 1. The summed E-state index contributed by atoms with van der Waals surface area (Å²) in [5, 5.41) is 18.1. The SMILES string of the molecule is CCOc1ccccc1CC(O)CC(=O)O. The second-order valence-electron chi connectivity index (χ2n) is 3.50. The van der Waals surface area contributed by atoms with Gasteiger partial charge in [-0.15, -0.1) is 0 Å². The Morgan fingerprint density at radius 2 is 2.12 bits per heavy atom. The molecule has 0 spiro atoms. The Morgan fingerprint density at radius 1 is 1.44 bits per heavy atom. The summed E-state index contributed by atoms with van der Waals surface area (Å²) >= 11 is 0. The summed E-state index contributed by atoms with van der Waals surface area (Å²) in [6.45, 7) is 2.43. The van der Waals surface area contributed by atoms with Crippen LogP contribution in [0.4, 0.5) is 0 Å². The molecule has 0 aliphatic rings. The molecule has 0 aliphatic heterocycles. The number of carboxylic acids is 1. The Morgan fingerprint density at radius 3 is 2.75 bits per heavy atom. The number of para-hydroxylation sites is 1. The minimum atomic E-state index is -0.999. The van der Waals surface area contributed by atoms with Crippen LogP contribution in [-0.4, -0.2) is 28.9 Å². The average molecular weight is 224 g/mol. The van der Waals surface area contributed by atoms with Crippen molar-refractivity contribution in [2.24, 2.45) is 0 Å². The van der Waals surface area contributed by atoms with Crippen LogP contribution in [0.2, 0.25) is 0 Å². The highest BCUT2D eigenvalue weighted by atomic mass is 16.5. The third-order valence-corrected chi connectivity index (χ3v) is 2.14. The number of hydrogen-bond acceptors (Lipinski definition) is 3. The third-order valence-electron chi connectivity index (χ3n) is 2.14. The van der Waals surface area contributed by atoms with Gasteiger partial charge < -0.3 is 14.9 Å². The molecule has 0 aliphatic carbocycles. The lowest BCUT2D eigenvalue weighted by Gasteiger charge is -2.12. The maximum atomic E-state index is 10.4. The quantitative estimate of drug-likeness (QED) is 0.767. The van der Waals surface area contributed by atoms with Crippen LogP contribution >= 0.6 is 0 Å². The predicted molar refractivity (Wildman–Crippen MR) is 59.6 cm³/mol. The highest BCUT2D eigenvalue weighted by Gasteiger charge is 2.12. The van der Waals surface area contributed by atoms with Crippen molar-refractivity contribution in [3.8, 4) is 5.75 Å². The zero-order valence-electron chi connectivity index (χ0n) is 9.22. The second kappa shape index (κ2) is 6.12. The van der Waals surface area contributed by atoms with Crippen molar-refractivity contribution in [2.45, 2.75) is 25.9 Å². The Balaban J connectivity index is 2.68. The molecule has 1 unspecified atom stereocenters. The van der Waals surface area contributed by atoms with E-state index >= 15 is 0 Å². The number of carbonyl (C=O) groups is 1. The number of hydrogen-bond donors (Lipinski definition) is 2. The Hall–Kier alpha value is -1.55. The molecule has 0 radical (unpaired) electrons. The molecule has 0 amide bonds. The summed E-state index contributed by atoms with van der Waals surface area (Å²) in [5.74, 6) is -0.296. The first-order valence-corrected chi connectivity index (χ1v) is 5.24. The summed E-state index contributed by atoms with van der Waals surface area (Å²) in [6.07, 6.45) is -0.831. The number of carboxylic acid groups (broad SMARTS) is 1. The monoisotopic (exact) mass is 224 g/mol. The number of aliphatic carboxylic acids is 1. The van der Waals surface area contributed by atoms with Crippen molar-refractivity contribution < 1.29 is 19.7 Å². The van der Waals surface area contributed by atoms with Gasteiger partial charge in [-0.3, -0.25) is 4.79 Å². The van der Waals surface area contributed by atoms with Crippen LogP contribution in [0.3, 0.4) is 0 Å². The number of rotatable bonds is 6. The van der Waals surface area contributed by atoms with Crippen molar-refractivity contribution in [3.63, 3.8) is 0 Å². The molecule has 0 saturated heterocycles. The van der Waals surface area contributed by atoms with E-state index in [9.17, 15) is 9.90 Å². The molecule has 1 aromatic carbocycles. The van der Waals surface area contributed by atoms with E-state index in [0.717, 1.165) is 5.56 Å². The van der Waals surface area contributed by atoms with E-state index in [2.05, 4.69) is 0 Å². The van der Waals surface area contributed by atoms with Gasteiger partial charge in [0.15, 0.2) is 0 Å². The fraction of sp³-hybridized carbons (Fsp3) is 0.417. The largest absolute Gasteiger partial charge is 0.494 e. The Kier molecular flexibility index (Phi) is 4.79. The first-order valence-electron chi connectivity index (χ1n) is 5.24. The normalized spacial score (nSPS) is 12.1. The molecule has 1 rings (SSSR count). The van der Waals surface area contributed by atoms with Gasteiger partial charge in [-0.25, -0.2) is 0 Å². The first-order chi connectivity index (χ1) is 7.63. The van der Waals surface area contributed by atoms with Gasteiger partial charge in [0.2, 0.25) is 0 Å². The zero-order valence-corrected chi connectivity index (χ0v) is 9.22. The number of benzene rings is 1. The predicted octanol–water partition coefficient (Wildman–Crippen LogP) is 1.46. The molecule has 4 heteroatoms. The van der Waals surface area contributed by atoms with Gasteiger partial charge >= 0.3 is 5.97 Å². The van der Waals surface area contributed by atoms with Gasteiger partial charge in [0.1, 0.15) is 5.75 Å². The second-order valence-corrected chi connectivity index (χ2v) is 3.50. The highest BCUT2D eigenvalue weighted by molar-refractivity contribution is 5.67. The van der Waals surface area contributed by atoms with Crippen LogP contribution in [0, 0.1) is 0 Å². The molecular weight excluding hydrogens is 208 g/mol. The minimum Gasteiger partial charge on any atom is -0.494 e. The molecule has 0 saturated carbocycles. The summed E-state index contributed by atoms with van der Waals surface area (Å²) < 4.78 is 5.38. The lowest BCUT2D eigenvalue weighted by molar-refractivity contribution is -0.139. The molecule has 0 bridgehead atoms. The van der Waals surface area contributed by atoms with Gasteiger partial charge in [0, 0.05) is 6.42 Å². The van der Waals surface area contributed by atoms with Gasteiger partial charge in [0.25, 0.3) is 0 Å². The van der Waals surface area contributed by atoms with Gasteiger partial charge in [-0.1, -0.05) is 18.2 Å². The van der Waals surface area contributed by atoms with Crippen molar-refractivity contribution in [3.05, 3.63) is 29.8 Å². The summed E-state index contributed by atoms with van der Waals surface area (Å²) in [7, 11) is 0. The molecular formula is C12H16O4. The smallest absolute Gasteiger partial charge is 0.305 e. The van der Waals surface area contributed by atoms with Crippen LogP contribution in [0.15, 0.2) is 24.3 Å². The maximum absolute atomic E-state index is 10.4. The number of aliphatic hydroxyl groups is 1. The molecule has 0 aromatic heterocycles. The van der Waals surface area contributed by atoms with E-state index in [4.69, 9.17) is 9.84 Å². The van der Waals surface area contributed by atoms with Crippen molar-refractivity contribution in [1.29, 1.82) is 0 Å². The van der Waals surface area contributed by atoms with E-state index in [0.29, 0.717) is 18.8 Å². The van der Waals surface area contributed by atoms with Crippen molar-refractivity contribution in [1.82, 2.24) is 0 Å². The zero-order chi connectivity index (χ0) is 12.0. The first kappa shape index (κ1) is 12.5. The fourth-order valence-corrected chi connectivity index (χ4v) is 1.50. The topological polar surface area (TPSA) is 66.8 Å². The minimum absolute atomic E-state index is 0.250. The fourth-order valence-electron chi connectivity index (χ4n) is 1.50. The van der Waals surface area contributed by atoms with Crippen LogP contribution in [0.1, 0.15) is 18.9 Å². The van der Waals surface area contributed by atoms with Crippen LogP contribution in [0.5, 0.6) is 5.75 Å². The lowest BCUT2D eigenvalue weighted by Crippen LogP contribution is -2.16. The summed E-state index contributed by atoms with van der Waals surface area (Å²) in [6, 6.07) is 7.33. The summed E-state index contributed by atoms with van der Waals surface area (Å²) in [5.41, 5.74) is 0.832. The third kappa shape index (κ3) is 3.90. The molecule has 0 fully saturated rings. The van der Waals surface area contributed by atoms with E-state index in [1.165, 1.54) is 0 Å². The Labute approximate surface area is 94.5 Å². The van der Waals surface area contributed by atoms with E-state index in [1.807, 2.05) is 31.2 Å². The van der Waals surface area contributed by atoms with Crippen molar-refractivity contribution in [2.75, 3.05) is 6.61 Å². The van der Waals surface area contributed by atoms with Crippen LogP contribution in [-0.2, 0) is 11.2 Å². The van der Waals surface area contributed by atoms with Gasteiger partial charge in [-0.2, -0.15) is 0 Å². The highest BCUT2D eigenvalue weighted by Crippen LogP contribution is 2.20. The summed E-state index contributed by atoms with van der Waals surface area (Å²) in [4.78, 5) is 10.4. The lowest BCUT2D eigenvalue weighted by atomic mass is 10.0. The molecule has 1 atom stereocenters. The average Bonchev–Trinajstić information content (AvgIpc) is 2.20. The van der Waals surface area contributed by atoms with Crippen LogP contribution in [0.25, 0.3) is 0 Å². The van der Waals surface area contributed by atoms with E-state index < -0.39 is 12.1 Å². The molecule has 2 N–H and O–H groups in total. The van der Waals surface area contributed by atoms with E-state index in [-0.39, 0.29) is 6.42 Å². The van der Waals surface area contributed by atoms with E-state index in [1.54, 1.807) is 0 Å². The van der Waals surface area contributed by atoms with Crippen molar-refractivity contribution >= 4 is 5.97 Å².